The number of aryl methyl sites for hydroxylation is 1. The fraction of sp³-hybridized carbons (Fsp3) is 0.467. The second-order valence-corrected chi connectivity index (χ2v) is 5.25. The Labute approximate surface area is 129 Å². The van der Waals surface area contributed by atoms with Crippen molar-refractivity contribution in [3.63, 3.8) is 0 Å². The van der Waals surface area contributed by atoms with E-state index in [9.17, 15) is 4.79 Å². The topological polar surface area (TPSA) is 84.2 Å². The molecule has 2 aromatic rings. The van der Waals surface area contributed by atoms with Gasteiger partial charge in [0.05, 0.1) is 5.56 Å². The molecular formula is C15H21N5O2. The molecule has 0 fully saturated rings. The molecule has 7 heteroatoms. The molecule has 0 radical (unpaired) electrons. The highest BCUT2D eigenvalue weighted by molar-refractivity contribution is 5.75. The van der Waals surface area contributed by atoms with Gasteiger partial charge in [-0.25, -0.2) is 0 Å². The van der Waals surface area contributed by atoms with Crippen molar-refractivity contribution >= 4 is 5.91 Å². The van der Waals surface area contributed by atoms with Crippen molar-refractivity contribution in [2.24, 2.45) is 0 Å². The maximum atomic E-state index is 11.7. The number of carbonyl (C=O) groups excluding carboxylic acids is 1. The summed E-state index contributed by atoms with van der Waals surface area (Å²) >= 11 is 0. The van der Waals surface area contributed by atoms with Gasteiger partial charge in [0.15, 0.2) is 0 Å². The van der Waals surface area contributed by atoms with Gasteiger partial charge in [-0.05, 0) is 39.2 Å². The number of carbonyl (C=O) groups is 1. The summed E-state index contributed by atoms with van der Waals surface area (Å²) in [4.78, 5) is 17.8. The van der Waals surface area contributed by atoms with Crippen LogP contribution < -0.4 is 5.32 Å². The lowest BCUT2D eigenvalue weighted by molar-refractivity contribution is -0.121. The lowest BCUT2D eigenvalue weighted by Gasteiger charge is -2.09. The molecule has 0 aromatic carbocycles. The third-order valence-electron chi connectivity index (χ3n) is 3.05. The Morgan fingerprint density at radius 3 is 2.95 bits per heavy atom. The number of amides is 1. The zero-order valence-corrected chi connectivity index (χ0v) is 13.0. The second kappa shape index (κ2) is 8.23. The van der Waals surface area contributed by atoms with Crippen LogP contribution in [0.4, 0.5) is 0 Å². The van der Waals surface area contributed by atoms with E-state index in [4.69, 9.17) is 4.42 Å². The summed E-state index contributed by atoms with van der Waals surface area (Å²) in [6.07, 6.45) is 5.06. The van der Waals surface area contributed by atoms with Crippen LogP contribution in [0, 0.1) is 0 Å². The number of hydrogen-bond donors (Lipinski definition) is 1. The molecule has 0 atom stereocenters. The average Bonchev–Trinajstić information content (AvgIpc) is 2.99. The SMILES string of the molecule is CN(C)CCCNC(=O)CCc1nnc(-c2cccnc2)o1. The van der Waals surface area contributed by atoms with Crippen LogP contribution in [0.3, 0.4) is 0 Å². The summed E-state index contributed by atoms with van der Waals surface area (Å²) < 4.78 is 5.53. The van der Waals surface area contributed by atoms with E-state index in [2.05, 4.69) is 25.4 Å². The molecule has 0 saturated heterocycles. The van der Waals surface area contributed by atoms with Crippen LogP contribution in [0.1, 0.15) is 18.7 Å². The van der Waals surface area contributed by atoms with Gasteiger partial charge in [-0.15, -0.1) is 10.2 Å². The minimum atomic E-state index is -0.000107. The summed E-state index contributed by atoms with van der Waals surface area (Å²) in [6.45, 7) is 1.64. The molecule has 0 spiro atoms. The summed E-state index contributed by atoms with van der Waals surface area (Å²) in [5.74, 6) is 0.886. The first-order valence-corrected chi connectivity index (χ1v) is 7.29. The third-order valence-corrected chi connectivity index (χ3v) is 3.05. The quantitative estimate of drug-likeness (QED) is 0.736. The maximum Gasteiger partial charge on any atom is 0.249 e. The van der Waals surface area contributed by atoms with E-state index < -0.39 is 0 Å². The average molecular weight is 303 g/mol. The van der Waals surface area contributed by atoms with Crippen LogP contribution in [-0.4, -0.2) is 53.2 Å². The number of nitrogens with one attached hydrogen (secondary N) is 1. The van der Waals surface area contributed by atoms with Gasteiger partial charge in [-0.1, -0.05) is 0 Å². The number of rotatable bonds is 8. The van der Waals surface area contributed by atoms with Crippen LogP contribution >= 0.6 is 0 Å². The summed E-state index contributed by atoms with van der Waals surface area (Å²) in [5.41, 5.74) is 0.773. The highest BCUT2D eigenvalue weighted by Crippen LogP contribution is 2.16. The monoisotopic (exact) mass is 303 g/mol. The van der Waals surface area contributed by atoms with E-state index in [1.54, 1.807) is 18.5 Å². The molecule has 0 saturated carbocycles. The van der Waals surface area contributed by atoms with Gasteiger partial charge >= 0.3 is 0 Å². The van der Waals surface area contributed by atoms with Gasteiger partial charge in [0.1, 0.15) is 0 Å². The Hall–Kier alpha value is -2.28. The van der Waals surface area contributed by atoms with Crippen molar-refractivity contribution in [2.75, 3.05) is 27.2 Å². The molecule has 0 unspecified atom stereocenters. The normalized spacial score (nSPS) is 10.9. The van der Waals surface area contributed by atoms with Crippen molar-refractivity contribution in [2.45, 2.75) is 19.3 Å². The molecule has 2 rings (SSSR count). The molecule has 1 amide bonds. The molecule has 0 aliphatic rings. The van der Waals surface area contributed by atoms with Crippen LogP contribution in [0.25, 0.3) is 11.5 Å². The van der Waals surface area contributed by atoms with Gasteiger partial charge in [0, 0.05) is 31.8 Å². The van der Waals surface area contributed by atoms with Crippen LogP contribution in [-0.2, 0) is 11.2 Å². The molecule has 2 aromatic heterocycles. The van der Waals surface area contributed by atoms with Gasteiger partial charge in [0.25, 0.3) is 0 Å². The smallest absolute Gasteiger partial charge is 0.249 e. The van der Waals surface area contributed by atoms with E-state index in [1.807, 2.05) is 20.2 Å². The Balaban J connectivity index is 1.73. The van der Waals surface area contributed by atoms with Crippen molar-refractivity contribution in [1.82, 2.24) is 25.4 Å². The standard InChI is InChI=1S/C15H21N5O2/c1-20(2)10-4-9-17-13(21)6-7-14-18-19-15(22-14)12-5-3-8-16-11-12/h3,5,8,11H,4,6-7,9-10H2,1-2H3,(H,17,21). The minimum absolute atomic E-state index is 0.000107. The van der Waals surface area contributed by atoms with Gasteiger partial charge in [0.2, 0.25) is 17.7 Å². The summed E-state index contributed by atoms with van der Waals surface area (Å²) in [5, 5.41) is 10.8. The zero-order chi connectivity index (χ0) is 15.8. The first kappa shape index (κ1) is 16.1. The third kappa shape index (κ3) is 5.25. The molecule has 2 heterocycles. The molecule has 0 aliphatic heterocycles. The van der Waals surface area contributed by atoms with E-state index in [1.165, 1.54) is 0 Å². The van der Waals surface area contributed by atoms with Crippen molar-refractivity contribution < 1.29 is 9.21 Å². The van der Waals surface area contributed by atoms with Gasteiger partial charge in [-0.3, -0.25) is 9.78 Å². The van der Waals surface area contributed by atoms with Crippen LogP contribution in [0.5, 0.6) is 0 Å². The molecular weight excluding hydrogens is 282 g/mol. The highest BCUT2D eigenvalue weighted by Gasteiger charge is 2.10. The highest BCUT2D eigenvalue weighted by atomic mass is 16.4. The molecule has 118 valence electrons. The fourth-order valence-corrected chi connectivity index (χ4v) is 1.89. The number of aromatic nitrogens is 3. The molecule has 22 heavy (non-hydrogen) atoms. The van der Waals surface area contributed by atoms with E-state index >= 15 is 0 Å². The van der Waals surface area contributed by atoms with Gasteiger partial charge < -0.3 is 14.6 Å². The molecule has 7 nitrogen and oxygen atoms in total. The second-order valence-electron chi connectivity index (χ2n) is 5.25. The van der Waals surface area contributed by atoms with Crippen molar-refractivity contribution in [3.05, 3.63) is 30.4 Å². The number of nitrogens with zero attached hydrogens (tertiary/aromatic N) is 4. The lowest BCUT2D eigenvalue weighted by atomic mass is 10.3. The van der Waals surface area contributed by atoms with E-state index in [0.29, 0.717) is 31.2 Å². The van der Waals surface area contributed by atoms with Crippen molar-refractivity contribution in [3.8, 4) is 11.5 Å². The Morgan fingerprint density at radius 1 is 1.36 bits per heavy atom. The fourth-order valence-electron chi connectivity index (χ4n) is 1.89. The predicted octanol–water partition coefficient (Wildman–Crippen LogP) is 1.13. The summed E-state index contributed by atoms with van der Waals surface area (Å²) in [6, 6.07) is 3.65. The van der Waals surface area contributed by atoms with Crippen molar-refractivity contribution in [1.29, 1.82) is 0 Å². The lowest BCUT2D eigenvalue weighted by Crippen LogP contribution is -2.27. The zero-order valence-electron chi connectivity index (χ0n) is 13.0. The van der Waals surface area contributed by atoms with Crippen LogP contribution in [0.2, 0.25) is 0 Å². The number of hydrogen-bond acceptors (Lipinski definition) is 6. The maximum absolute atomic E-state index is 11.7. The largest absolute Gasteiger partial charge is 0.421 e. The molecule has 1 N–H and O–H groups in total. The Morgan fingerprint density at radius 2 is 2.23 bits per heavy atom. The Bertz CT molecular complexity index is 583. The first-order chi connectivity index (χ1) is 10.6. The van der Waals surface area contributed by atoms with E-state index in [0.717, 1.165) is 18.5 Å². The first-order valence-electron chi connectivity index (χ1n) is 7.29. The van der Waals surface area contributed by atoms with Gasteiger partial charge in [-0.2, -0.15) is 0 Å². The number of pyridine rings is 1. The molecule has 0 bridgehead atoms. The van der Waals surface area contributed by atoms with Crippen LogP contribution in [0.15, 0.2) is 28.9 Å². The predicted molar refractivity (Wildman–Crippen MR) is 82.0 cm³/mol. The molecule has 0 aliphatic carbocycles. The van der Waals surface area contributed by atoms with E-state index in [-0.39, 0.29) is 5.91 Å². The minimum Gasteiger partial charge on any atom is -0.421 e. The Kier molecular flexibility index (Phi) is 6.02. The summed E-state index contributed by atoms with van der Waals surface area (Å²) in [7, 11) is 4.02.